The molecular weight excluding hydrogens is 268 g/mol. The summed E-state index contributed by atoms with van der Waals surface area (Å²) in [6.45, 7) is 3.67. The monoisotopic (exact) mass is 284 g/mol. The summed E-state index contributed by atoms with van der Waals surface area (Å²) in [4.78, 5) is 26.8. The highest BCUT2D eigenvalue weighted by Crippen LogP contribution is 2.23. The van der Waals surface area contributed by atoms with Crippen molar-refractivity contribution in [3.05, 3.63) is 65.8 Å². The molecule has 1 N–H and O–H groups in total. The van der Waals surface area contributed by atoms with Crippen molar-refractivity contribution in [3.8, 4) is 0 Å². The van der Waals surface area contributed by atoms with Crippen LogP contribution < -0.4 is 0 Å². The maximum atomic E-state index is 12.2. The van der Waals surface area contributed by atoms with Gasteiger partial charge in [-0.2, -0.15) is 0 Å². The molecule has 1 heterocycles. The Labute approximate surface area is 123 Å². The smallest absolute Gasteiger partial charge is 0.268 e. The zero-order chi connectivity index (χ0) is 15.6. The van der Waals surface area contributed by atoms with E-state index in [1.54, 1.807) is 6.08 Å². The molecule has 0 saturated heterocycles. The van der Waals surface area contributed by atoms with Gasteiger partial charge in [0.1, 0.15) is 11.4 Å². The minimum atomic E-state index is -0.571. The van der Waals surface area contributed by atoms with E-state index in [0.717, 1.165) is 5.56 Å². The number of aliphatic hydroxyl groups excluding tert-OH is 1. The number of likely N-dealkylation sites (N-methyl/N-ethyl adjacent to an activating group) is 1. The van der Waals surface area contributed by atoms with E-state index >= 15 is 0 Å². The van der Waals surface area contributed by atoms with Crippen LogP contribution in [-0.4, -0.2) is 40.7 Å². The number of allylic oxidation sites excluding steroid dienone is 1. The summed E-state index contributed by atoms with van der Waals surface area (Å²) in [5.74, 6) is -1.20. The lowest BCUT2D eigenvalue weighted by Crippen LogP contribution is -2.42. The quantitative estimate of drug-likeness (QED) is 0.680. The van der Waals surface area contributed by atoms with E-state index in [4.69, 9.17) is 0 Å². The average molecular weight is 284 g/mol. The molecule has 0 spiro atoms. The number of benzene rings is 1. The van der Waals surface area contributed by atoms with Gasteiger partial charge in [0.25, 0.3) is 5.91 Å². The summed E-state index contributed by atoms with van der Waals surface area (Å²) < 4.78 is 0. The molecule has 5 heteroatoms. The van der Waals surface area contributed by atoms with Crippen molar-refractivity contribution in [1.82, 2.24) is 9.80 Å². The summed E-state index contributed by atoms with van der Waals surface area (Å²) in [5.41, 5.74) is 0.569. The van der Waals surface area contributed by atoms with Gasteiger partial charge in [0.15, 0.2) is 5.78 Å². The lowest BCUT2D eigenvalue weighted by atomic mass is 10.1. The van der Waals surface area contributed by atoms with E-state index in [0.29, 0.717) is 5.82 Å². The van der Waals surface area contributed by atoms with Crippen LogP contribution in [0.25, 0.3) is 6.08 Å². The Bertz CT molecular complexity index is 659. The third-order valence-electron chi connectivity index (χ3n) is 3.31. The SMILES string of the molecule is C=C1N(C)C(=O)C(C(=O)/C=C/c2ccccc2)=C(O)N1C. The summed E-state index contributed by atoms with van der Waals surface area (Å²) >= 11 is 0. The summed E-state index contributed by atoms with van der Waals surface area (Å²) in [6.07, 6.45) is 2.87. The molecule has 0 atom stereocenters. The fraction of sp³-hybridized carbons (Fsp3) is 0.125. The van der Waals surface area contributed by atoms with Crippen LogP contribution in [0.2, 0.25) is 0 Å². The van der Waals surface area contributed by atoms with Gasteiger partial charge in [-0.3, -0.25) is 14.5 Å². The molecule has 0 aromatic heterocycles. The van der Waals surface area contributed by atoms with Crippen LogP contribution >= 0.6 is 0 Å². The first kappa shape index (κ1) is 14.6. The van der Waals surface area contributed by atoms with Crippen LogP contribution in [0, 0.1) is 0 Å². The van der Waals surface area contributed by atoms with Crippen LogP contribution in [-0.2, 0) is 9.59 Å². The maximum absolute atomic E-state index is 12.2. The molecule has 1 amide bonds. The van der Waals surface area contributed by atoms with Gasteiger partial charge in [0, 0.05) is 14.1 Å². The second kappa shape index (κ2) is 5.66. The summed E-state index contributed by atoms with van der Waals surface area (Å²) in [5, 5.41) is 10.0. The number of rotatable bonds is 3. The third kappa shape index (κ3) is 2.72. The van der Waals surface area contributed by atoms with Gasteiger partial charge >= 0.3 is 0 Å². The van der Waals surface area contributed by atoms with Crippen molar-refractivity contribution >= 4 is 17.8 Å². The van der Waals surface area contributed by atoms with Crippen molar-refractivity contribution in [3.63, 3.8) is 0 Å². The number of carbonyl (C=O) groups excluding carboxylic acids is 2. The average Bonchev–Trinajstić information content (AvgIpc) is 2.50. The molecule has 1 aromatic carbocycles. The van der Waals surface area contributed by atoms with Crippen LogP contribution in [0.1, 0.15) is 5.56 Å². The Kier molecular flexibility index (Phi) is 3.93. The van der Waals surface area contributed by atoms with Crippen molar-refractivity contribution < 1.29 is 14.7 Å². The van der Waals surface area contributed by atoms with Gasteiger partial charge in [-0.05, 0) is 11.6 Å². The Morgan fingerprint density at radius 1 is 1.19 bits per heavy atom. The topological polar surface area (TPSA) is 60.9 Å². The Morgan fingerprint density at radius 2 is 1.81 bits per heavy atom. The largest absolute Gasteiger partial charge is 0.494 e. The highest BCUT2D eigenvalue weighted by Gasteiger charge is 2.34. The minimum absolute atomic E-state index is 0.264. The molecule has 108 valence electrons. The van der Waals surface area contributed by atoms with Gasteiger partial charge in [-0.1, -0.05) is 43.0 Å². The molecule has 21 heavy (non-hydrogen) atoms. The molecule has 1 aliphatic heterocycles. The Hall–Kier alpha value is -2.82. The third-order valence-corrected chi connectivity index (χ3v) is 3.31. The molecule has 0 aliphatic carbocycles. The minimum Gasteiger partial charge on any atom is -0.494 e. The lowest BCUT2D eigenvalue weighted by molar-refractivity contribution is -0.129. The number of carbonyl (C=O) groups is 2. The van der Waals surface area contributed by atoms with Gasteiger partial charge in [0.05, 0.1) is 0 Å². The molecular formula is C16H16N2O3. The first-order valence-electron chi connectivity index (χ1n) is 6.35. The second-order valence-corrected chi connectivity index (χ2v) is 4.65. The molecule has 0 bridgehead atoms. The van der Waals surface area contributed by atoms with E-state index in [2.05, 4.69) is 6.58 Å². The molecule has 5 nitrogen and oxygen atoms in total. The summed E-state index contributed by atoms with van der Waals surface area (Å²) in [6, 6.07) is 9.23. The Morgan fingerprint density at radius 3 is 2.43 bits per heavy atom. The molecule has 2 rings (SSSR count). The number of aliphatic hydroxyl groups is 1. The zero-order valence-electron chi connectivity index (χ0n) is 11.9. The molecule has 1 aromatic rings. The van der Waals surface area contributed by atoms with Crippen molar-refractivity contribution in [2.45, 2.75) is 0 Å². The fourth-order valence-electron chi connectivity index (χ4n) is 1.93. The molecule has 0 unspecified atom stereocenters. The van der Waals surface area contributed by atoms with Gasteiger partial charge < -0.3 is 10.0 Å². The number of nitrogens with zero attached hydrogens (tertiary/aromatic N) is 2. The number of ketones is 1. The van der Waals surface area contributed by atoms with Crippen molar-refractivity contribution in [2.24, 2.45) is 0 Å². The van der Waals surface area contributed by atoms with Gasteiger partial charge in [-0.15, -0.1) is 0 Å². The normalized spacial score (nSPS) is 16.1. The highest BCUT2D eigenvalue weighted by molar-refractivity contribution is 6.25. The maximum Gasteiger partial charge on any atom is 0.268 e. The predicted molar refractivity (Wildman–Crippen MR) is 79.8 cm³/mol. The van der Waals surface area contributed by atoms with E-state index < -0.39 is 11.7 Å². The van der Waals surface area contributed by atoms with Crippen LogP contribution in [0.5, 0.6) is 0 Å². The Balaban J connectivity index is 2.32. The van der Waals surface area contributed by atoms with Crippen molar-refractivity contribution in [2.75, 3.05) is 14.1 Å². The highest BCUT2D eigenvalue weighted by atomic mass is 16.3. The summed E-state index contributed by atoms with van der Waals surface area (Å²) in [7, 11) is 3.04. The second-order valence-electron chi connectivity index (χ2n) is 4.65. The molecule has 0 saturated carbocycles. The van der Waals surface area contributed by atoms with Crippen LogP contribution in [0.15, 0.2) is 60.3 Å². The number of hydrogen-bond donors (Lipinski definition) is 1. The molecule has 1 aliphatic rings. The van der Waals surface area contributed by atoms with Gasteiger partial charge in [-0.25, -0.2) is 0 Å². The number of amides is 1. The van der Waals surface area contributed by atoms with Gasteiger partial charge in [0.2, 0.25) is 5.88 Å². The van der Waals surface area contributed by atoms with E-state index in [1.807, 2.05) is 30.3 Å². The van der Waals surface area contributed by atoms with Crippen LogP contribution in [0.4, 0.5) is 0 Å². The fourth-order valence-corrected chi connectivity index (χ4v) is 1.93. The number of hydrogen-bond acceptors (Lipinski definition) is 4. The lowest BCUT2D eigenvalue weighted by Gasteiger charge is -2.33. The standard InChI is InChI=1S/C16H16N2O3/c1-11-17(2)15(20)14(16(21)18(11)3)13(19)10-9-12-7-5-4-6-8-12/h4-10,20H,1H2,2-3H3/b10-9+. The van der Waals surface area contributed by atoms with Crippen LogP contribution in [0.3, 0.4) is 0 Å². The molecule has 0 radical (unpaired) electrons. The van der Waals surface area contributed by atoms with E-state index in [9.17, 15) is 14.7 Å². The zero-order valence-corrected chi connectivity index (χ0v) is 11.9. The predicted octanol–water partition coefficient (Wildman–Crippen LogP) is 1.91. The van der Waals surface area contributed by atoms with E-state index in [1.165, 1.54) is 30.0 Å². The first-order chi connectivity index (χ1) is 9.93. The van der Waals surface area contributed by atoms with Crippen molar-refractivity contribution in [1.29, 1.82) is 0 Å². The first-order valence-corrected chi connectivity index (χ1v) is 6.35. The molecule has 0 fully saturated rings. The van der Waals surface area contributed by atoms with E-state index in [-0.39, 0.29) is 11.5 Å².